The Labute approximate surface area is 206 Å². The first-order chi connectivity index (χ1) is 17.1. The minimum Gasteiger partial charge on any atom is -0.410 e. The molecular weight excluding hydrogens is 462 g/mol. The lowest BCUT2D eigenvalue weighted by molar-refractivity contribution is -0.119. The quantitative estimate of drug-likeness (QED) is 0.413. The van der Waals surface area contributed by atoms with E-state index in [0.717, 1.165) is 21.7 Å². The first-order valence-electron chi connectivity index (χ1n) is 11.2. The number of aliphatic hydroxyl groups is 1. The number of hydrogen-bond donors (Lipinski definition) is 2. The highest BCUT2D eigenvalue weighted by molar-refractivity contribution is 7.19. The number of nitrogens with one attached hydrogen (secondary N) is 1. The number of ether oxygens (including phenoxy) is 1. The number of rotatable bonds is 5. The molecule has 35 heavy (non-hydrogen) atoms. The van der Waals surface area contributed by atoms with Crippen LogP contribution in [0.2, 0.25) is 0 Å². The average molecular weight is 486 g/mol. The number of nitrogens with zero attached hydrogens (tertiary/aromatic N) is 2. The van der Waals surface area contributed by atoms with Crippen LogP contribution in [0.25, 0.3) is 21.7 Å². The van der Waals surface area contributed by atoms with Crippen molar-refractivity contribution < 1.29 is 19.4 Å². The summed E-state index contributed by atoms with van der Waals surface area (Å²) < 4.78 is 5.40. The van der Waals surface area contributed by atoms with Gasteiger partial charge in [-0.3, -0.25) is 9.69 Å². The van der Waals surface area contributed by atoms with E-state index in [-0.39, 0.29) is 13.0 Å². The van der Waals surface area contributed by atoms with Gasteiger partial charge >= 0.3 is 6.09 Å². The summed E-state index contributed by atoms with van der Waals surface area (Å²) in [4.78, 5) is 32.9. The summed E-state index contributed by atoms with van der Waals surface area (Å²) in [6.07, 6.45) is -1.37. The number of aliphatic hydroxyl groups excluding tert-OH is 1. The van der Waals surface area contributed by atoms with E-state index in [1.54, 1.807) is 24.3 Å². The molecule has 1 aliphatic rings. The lowest BCUT2D eigenvalue weighted by Gasteiger charge is -2.22. The molecule has 0 unspecified atom stereocenters. The molecule has 176 valence electrons. The van der Waals surface area contributed by atoms with Gasteiger partial charge in [-0.25, -0.2) is 9.78 Å². The van der Waals surface area contributed by atoms with Gasteiger partial charge in [-0.05, 0) is 17.7 Å². The number of β-amino-alcohol motifs (C(OH)–C–C–N with tert-alkyl or cyclic N) is 1. The molecule has 2 N–H and O–H groups in total. The fourth-order valence-electron chi connectivity index (χ4n) is 4.05. The molecule has 1 aromatic heterocycles. The fourth-order valence-corrected chi connectivity index (χ4v) is 5.05. The molecule has 0 radical (unpaired) electrons. The molecule has 5 rings (SSSR count). The number of likely N-dealkylation sites (tertiary alicyclic amines) is 1. The van der Waals surface area contributed by atoms with Crippen LogP contribution in [0, 0.1) is 0 Å². The third-order valence-corrected chi connectivity index (χ3v) is 6.72. The minimum atomic E-state index is -0.870. The second-order valence-electron chi connectivity index (χ2n) is 8.16. The van der Waals surface area contributed by atoms with Gasteiger partial charge in [0.15, 0.2) is 5.13 Å². The number of benzene rings is 3. The molecule has 0 saturated carbocycles. The summed E-state index contributed by atoms with van der Waals surface area (Å²) >= 11 is 1.37. The SMILES string of the molecule is O=C(Nc1nc(-c2ccccc2)c(-c2ccccc2)s1)[C@@H]1C[C@H](O)CN1C(=O)Oc1ccccc1. The van der Waals surface area contributed by atoms with Crippen LogP contribution in [0.5, 0.6) is 5.75 Å². The van der Waals surface area contributed by atoms with Crippen LogP contribution in [0.1, 0.15) is 6.42 Å². The van der Waals surface area contributed by atoms with Crippen molar-refractivity contribution in [3.05, 3.63) is 91.0 Å². The highest BCUT2D eigenvalue weighted by Gasteiger charge is 2.40. The van der Waals surface area contributed by atoms with Crippen LogP contribution >= 0.6 is 11.3 Å². The summed E-state index contributed by atoms with van der Waals surface area (Å²) in [7, 11) is 0. The number of para-hydroxylation sites is 1. The van der Waals surface area contributed by atoms with E-state index in [1.165, 1.54) is 16.2 Å². The Bertz CT molecular complexity index is 1260. The number of thiazole rings is 1. The molecule has 1 saturated heterocycles. The van der Waals surface area contributed by atoms with Gasteiger partial charge in [0, 0.05) is 12.0 Å². The Hall–Kier alpha value is -4.01. The van der Waals surface area contributed by atoms with E-state index in [4.69, 9.17) is 9.72 Å². The normalized spacial score (nSPS) is 17.2. The van der Waals surface area contributed by atoms with E-state index in [2.05, 4.69) is 5.32 Å². The van der Waals surface area contributed by atoms with Gasteiger partial charge in [-0.2, -0.15) is 0 Å². The zero-order valence-corrected chi connectivity index (χ0v) is 19.5. The molecule has 2 atom stereocenters. The van der Waals surface area contributed by atoms with Crippen molar-refractivity contribution in [1.29, 1.82) is 0 Å². The zero-order valence-electron chi connectivity index (χ0n) is 18.7. The van der Waals surface area contributed by atoms with Gasteiger partial charge in [0.2, 0.25) is 5.91 Å². The highest BCUT2D eigenvalue weighted by Crippen LogP contribution is 2.39. The Morgan fingerprint density at radius 2 is 1.51 bits per heavy atom. The molecule has 0 spiro atoms. The van der Waals surface area contributed by atoms with Crippen molar-refractivity contribution in [1.82, 2.24) is 9.88 Å². The molecule has 2 amide bonds. The van der Waals surface area contributed by atoms with Crippen molar-refractivity contribution in [2.45, 2.75) is 18.6 Å². The maximum absolute atomic E-state index is 13.2. The first kappa shape index (κ1) is 22.8. The largest absolute Gasteiger partial charge is 0.416 e. The Balaban J connectivity index is 1.39. The van der Waals surface area contributed by atoms with Crippen molar-refractivity contribution in [3.63, 3.8) is 0 Å². The molecule has 0 bridgehead atoms. The summed E-state index contributed by atoms with van der Waals surface area (Å²) in [6.45, 7) is 0.0200. The molecule has 1 aliphatic heterocycles. The Morgan fingerprint density at radius 1 is 0.914 bits per heavy atom. The Morgan fingerprint density at radius 3 is 2.17 bits per heavy atom. The monoisotopic (exact) mass is 485 g/mol. The number of hydrogen-bond acceptors (Lipinski definition) is 6. The molecule has 7 nitrogen and oxygen atoms in total. The second kappa shape index (κ2) is 10.1. The number of carbonyl (C=O) groups is 2. The van der Waals surface area contributed by atoms with Gasteiger partial charge in [-0.1, -0.05) is 90.2 Å². The van der Waals surface area contributed by atoms with E-state index >= 15 is 0 Å². The van der Waals surface area contributed by atoms with E-state index < -0.39 is 24.1 Å². The molecule has 0 aliphatic carbocycles. The highest BCUT2D eigenvalue weighted by atomic mass is 32.1. The van der Waals surface area contributed by atoms with Crippen molar-refractivity contribution in [3.8, 4) is 27.4 Å². The number of carbonyl (C=O) groups excluding carboxylic acids is 2. The molecular formula is C27H23N3O4S. The summed E-state index contributed by atoms with van der Waals surface area (Å²) in [5.74, 6) is -0.0440. The maximum atomic E-state index is 13.2. The van der Waals surface area contributed by atoms with E-state index in [1.807, 2.05) is 66.7 Å². The predicted molar refractivity (Wildman–Crippen MR) is 135 cm³/mol. The molecule has 1 fully saturated rings. The summed E-state index contributed by atoms with van der Waals surface area (Å²) in [5, 5.41) is 13.5. The van der Waals surface area contributed by atoms with Crippen LogP contribution in [-0.4, -0.2) is 45.7 Å². The summed E-state index contributed by atoms with van der Waals surface area (Å²) in [6, 6.07) is 27.4. The lowest BCUT2D eigenvalue weighted by Crippen LogP contribution is -2.44. The third-order valence-electron chi connectivity index (χ3n) is 5.71. The Kier molecular flexibility index (Phi) is 6.56. The van der Waals surface area contributed by atoms with E-state index in [9.17, 15) is 14.7 Å². The van der Waals surface area contributed by atoms with Crippen molar-refractivity contribution >= 4 is 28.5 Å². The minimum absolute atomic E-state index is 0.0200. The maximum Gasteiger partial charge on any atom is 0.416 e. The first-order valence-corrected chi connectivity index (χ1v) is 12.0. The predicted octanol–water partition coefficient (Wildman–Crippen LogP) is 5.05. The number of amides is 2. The fraction of sp³-hybridized carbons (Fsp3) is 0.148. The molecule has 8 heteroatoms. The van der Waals surface area contributed by atoms with Gasteiger partial charge in [0.05, 0.1) is 23.2 Å². The van der Waals surface area contributed by atoms with Gasteiger partial charge in [0.1, 0.15) is 11.8 Å². The average Bonchev–Trinajstić information content (AvgIpc) is 3.49. The van der Waals surface area contributed by atoms with Crippen molar-refractivity contribution in [2.24, 2.45) is 0 Å². The van der Waals surface area contributed by atoms with Crippen LogP contribution in [0.4, 0.5) is 9.93 Å². The topological polar surface area (TPSA) is 91.8 Å². The molecule has 3 aromatic carbocycles. The van der Waals surface area contributed by atoms with E-state index in [0.29, 0.717) is 10.9 Å². The van der Waals surface area contributed by atoms with Crippen LogP contribution in [-0.2, 0) is 4.79 Å². The van der Waals surface area contributed by atoms with Gasteiger partial charge < -0.3 is 15.2 Å². The lowest BCUT2D eigenvalue weighted by atomic mass is 10.1. The van der Waals surface area contributed by atoms with Crippen LogP contribution < -0.4 is 10.1 Å². The van der Waals surface area contributed by atoms with Gasteiger partial charge in [0.25, 0.3) is 0 Å². The smallest absolute Gasteiger partial charge is 0.410 e. The number of anilines is 1. The standard InChI is InChI=1S/C27H23N3O4S/c31-20-16-22(30(17-20)27(33)34-21-14-8-3-9-15-21)25(32)29-26-28-23(18-10-4-1-5-11-18)24(35-26)19-12-6-2-7-13-19/h1-15,20,22,31H,16-17H2,(H,28,29,32)/t20-,22-/m0/s1. The molecule has 2 heterocycles. The zero-order chi connectivity index (χ0) is 24.2. The van der Waals surface area contributed by atoms with Gasteiger partial charge in [-0.15, -0.1) is 0 Å². The summed E-state index contributed by atoms with van der Waals surface area (Å²) in [5.41, 5.74) is 2.70. The number of aromatic nitrogens is 1. The third kappa shape index (κ3) is 5.08. The molecule has 4 aromatic rings. The van der Waals surface area contributed by atoms with Crippen LogP contribution in [0.15, 0.2) is 91.0 Å². The van der Waals surface area contributed by atoms with Crippen molar-refractivity contribution in [2.75, 3.05) is 11.9 Å². The van der Waals surface area contributed by atoms with Crippen LogP contribution in [0.3, 0.4) is 0 Å². The second-order valence-corrected chi connectivity index (χ2v) is 9.16.